The van der Waals surface area contributed by atoms with Crippen LogP contribution in [-0.2, 0) is 16.1 Å². The first-order chi connectivity index (χ1) is 11.7. The van der Waals surface area contributed by atoms with Crippen molar-refractivity contribution >= 4 is 11.8 Å². The molecule has 1 rings (SSSR count). The number of hydrazine groups is 1. The van der Waals surface area contributed by atoms with Gasteiger partial charge in [0.25, 0.3) is 0 Å². The Hall–Kier alpha value is -1.91. The molecule has 0 fully saturated rings. The van der Waals surface area contributed by atoms with Crippen LogP contribution in [0.4, 0.5) is 0 Å². The van der Waals surface area contributed by atoms with Gasteiger partial charge in [0, 0.05) is 18.6 Å². The van der Waals surface area contributed by atoms with Crippen LogP contribution >= 0.6 is 0 Å². The van der Waals surface area contributed by atoms with Crippen molar-refractivity contribution in [3.05, 3.63) is 30.6 Å². The van der Waals surface area contributed by atoms with Gasteiger partial charge in [0.15, 0.2) is 12.4 Å². The number of nitrogens with zero attached hydrogens (tertiary/aromatic N) is 1. The first-order valence-electron chi connectivity index (χ1n) is 9.24. The highest BCUT2D eigenvalue weighted by Gasteiger charge is 2.09. The van der Waals surface area contributed by atoms with Gasteiger partial charge in [0.05, 0.1) is 0 Å². The lowest BCUT2D eigenvalue weighted by molar-refractivity contribution is -0.684. The van der Waals surface area contributed by atoms with Gasteiger partial charge < -0.3 is 0 Å². The van der Waals surface area contributed by atoms with Gasteiger partial charge in [-0.1, -0.05) is 64.4 Å². The summed E-state index contributed by atoms with van der Waals surface area (Å²) in [6.07, 6.45) is 15.1. The summed E-state index contributed by atoms with van der Waals surface area (Å²) in [4.78, 5) is 23.4. The van der Waals surface area contributed by atoms with E-state index in [1.54, 1.807) is 4.57 Å². The summed E-state index contributed by atoms with van der Waals surface area (Å²) in [6, 6.07) is 5.60. The van der Waals surface area contributed by atoms with Crippen LogP contribution in [-0.4, -0.2) is 11.8 Å². The van der Waals surface area contributed by atoms with Gasteiger partial charge in [-0.25, -0.2) is 0 Å². The van der Waals surface area contributed by atoms with Gasteiger partial charge in [-0.05, 0) is 6.42 Å². The van der Waals surface area contributed by atoms with Crippen LogP contribution in [0.1, 0.15) is 71.1 Å². The molecular formula is C19H32N3O2+. The monoisotopic (exact) mass is 334 g/mol. The molecule has 0 spiro atoms. The highest BCUT2D eigenvalue weighted by Crippen LogP contribution is 2.10. The maximum absolute atomic E-state index is 11.7. The summed E-state index contributed by atoms with van der Waals surface area (Å²) in [7, 11) is 0. The molecule has 0 bridgehead atoms. The second-order valence-electron chi connectivity index (χ2n) is 6.22. The number of nitrogens with one attached hydrogen (secondary N) is 2. The summed E-state index contributed by atoms with van der Waals surface area (Å²) < 4.78 is 1.75. The molecule has 0 aliphatic carbocycles. The van der Waals surface area contributed by atoms with Crippen molar-refractivity contribution in [2.45, 2.75) is 77.7 Å². The fourth-order valence-electron chi connectivity index (χ4n) is 2.54. The fourth-order valence-corrected chi connectivity index (χ4v) is 2.54. The summed E-state index contributed by atoms with van der Waals surface area (Å²) in [5.74, 6) is -0.351. The number of carbonyl (C=O) groups excluding carboxylic acids is 2. The van der Waals surface area contributed by atoms with Crippen molar-refractivity contribution in [2.75, 3.05) is 0 Å². The number of hydrogen-bond donors (Lipinski definition) is 2. The molecule has 0 saturated heterocycles. The molecule has 0 atom stereocenters. The van der Waals surface area contributed by atoms with E-state index in [1.165, 1.54) is 44.9 Å². The number of carbonyl (C=O) groups is 2. The minimum Gasteiger partial charge on any atom is -0.273 e. The van der Waals surface area contributed by atoms with E-state index in [0.717, 1.165) is 12.8 Å². The summed E-state index contributed by atoms with van der Waals surface area (Å²) in [5, 5.41) is 0. The van der Waals surface area contributed by atoms with Crippen molar-refractivity contribution < 1.29 is 14.2 Å². The highest BCUT2D eigenvalue weighted by molar-refractivity contribution is 5.81. The minimum absolute atomic E-state index is 0.121. The smallest absolute Gasteiger partial charge is 0.273 e. The Morgan fingerprint density at radius 1 is 0.750 bits per heavy atom. The molecule has 1 heterocycles. The quantitative estimate of drug-likeness (QED) is 0.351. The van der Waals surface area contributed by atoms with E-state index >= 15 is 0 Å². The van der Waals surface area contributed by atoms with Crippen LogP contribution < -0.4 is 15.4 Å². The Morgan fingerprint density at radius 2 is 1.29 bits per heavy atom. The zero-order chi connectivity index (χ0) is 17.5. The molecule has 1 aromatic rings. The molecule has 0 radical (unpaired) electrons. The molecule has 0 aromatic carbocycles. The Balaban J connectivity index is 1.95. The molecule has 134 valence electrons. The SMILES string of the molecule is CCCCCCCCCCCC(=O)NNC(=O)C[n+]1ccccc1. The lowest BCUT2D eigenvalue weighted by atomic mass is 10.1. The van der Waals surface area contributed by atoms with Gasteiger partial charge >= 0.3 is 5.91 Å². The predicted molar refractivity (Wildman–Crippen MR) is 94.8 cm³/mol. The van der Waals surface area contributed by atoms with Crippen molar-refractivity contribution in [2.24, 2.45) is 0 Å². The molecular weight excluding hydrogens is 302 g/mol. The maximum Gasteiger partial charge on any atom is 0.304 e. The molecule has 2 amide bonds. The zero-order valence-electron chi connectivity index (χ0n) is 14.9. The lowest BCUT2D eigenvalue weighted by Gasteiger charge is -2.06. The first kappa shape index (κ1) is 20.1. The summed E-state index contributed by atoms with van der Waals surface area (Å²) >= 11 is 0. The van der Waals surface area contributed by atoms with Crippen LogP contribution in [0.2, 0.25) is 0 Å². The van der Waals surface area contributed by atoms with E-state index in [2.05, 4.69) is 17.8 Å². The largest absolute Gasteiger partial charge is 0.304 e. The molecule has 0 aliphatic rings. The predicted octanol–water partition coefficient (Wildman–Crippen LogP) is 3.04. The Labute approximate surface area is 145 Å². The summed E-state index contributed by atoms with van der Waals surface area (Å²) in [5.41, 5.74) is 4.93. The van der Waals surface area contributed by atoms with E-state index in [-0.39, 0.29) is 18.4 Å². The molecule has 5 heteroatoms. The Morgan fingerprint density at radius 3 is 1.92 bits per heavy atom. The van der Waals surface area contributed by atoms with Crippen LogP contribution in [0.3, 0.4) is 0 Å². The van der Waals surface area contributed by atoms with Gasteiger partial charge in [-0.15, -0.1) is 0 Å². The average Bonchev–Trinajstić information content (AvgIpc) is 2.59. The zero-order valence-corrected chi connectivity index (χ0v) is 14.9. The highest BCUT2D eigenvalue weighted by atomic mass is 16.2. The third-order valence-corrected chi connectivity index (χ3v) is 3.95. The van der Waals surface area contributed by atoms with Crippen molar-refractivity contribution in [3.8, 4) is 0 Å². The van der Waals surface area contributed by atoms with Gasteiger partial charge in [-0.2, -0.15) is 4.57 Å². The van der Waals surface area contributed by atoms with Crippen molar-refractivity contribution in [3.63, 3.8) is 0 Å². The van der Waals surface area contributed by atoms with Gasteiger partial charge in [-0.3, -0.25) is 20.4 Å². The third-order valence-electron chi connectivity index (χ3n) is 3.95. The standard InChI is InChI=1S/C19H31N3O2/c1-2-3-4-5-6-7-8-9-11-14-18(23)20-21-19(24)17-22-15-12-10-13-16-22/h10,12-13,15-16H,2-9,11,14,17H2,1H3,(H-,20,21,23,24)/p+1. The second-order valence-corrected chi connectivity index (χ2v) is 6.22. The first-order valence-corrected chi connectivity index (χ1v) is 9.24. The molecule has 24 heavy (non-hydrogen) atoms. The summed E-state index contributed by atoms with van der Waals surface area (Å²) in [6.45, 7) is 2.42. The molecule has 0 saturated carbocycles. The van der Waals surface area contributed by atoms with E-state index in [9.17, 15) is 9.59 Å². The molecule has 0 unspecified atom stereocenters. The van der Waals surface area contributed by atoms with Crippen LogP contribution in [0.5, 0.6) is 0 Å². The van der Waals surface area contributed by atoms with Crippen LogP contribution in [0.25, 0.3) is 0 Å². The topological polar surface area (TPSA) is 62.1 Å². The van der Waals surface area contributed by atoms with Crippen molar-refractivity contribution in [1.29, 1.82) is 0 Å². The number of hydrogen-bond acceptors (Lipinski definition) is 2. The van der Waals surface area contributed by atoms with Crippen LogP contribution in [0, 0.1) is 0 Å². The molecule has 5 nitrogen and oxygen atoms in total. The average molecular weight is 334 g/mol. The van der Waals surface area contributed by atoms with Gasteiger partial charge in [0.2, 0.25) is 12.5 Å². The molecule has 2 N–H and O–H groups in total. The number of rotatable bonds is 12. The van der Waals surface area contributed by atoms with E-state index in [4.69, 9.17) is 0 Å². The number of unbranched alkanes of at least 4 members (excludes halogenated alkanes) is 8. The molecule has 1 aromatic heterocycles. The second kappa shape index (κ2) is 13.5. The lowest BCUT2D eigenvalue weighted by Crippen LogP contribution is -2.48. The van der Waals surface area contributed by atoms with E-state index in [1.807, 2.05) is 30.6 Å². The van der Waals surface area contributed by atoms with Crippen LogP contribution in [0.15, 0.2) is 30.6 Å². The third kappa shape index (κ3) is 10.8. The van der Waals surface area contributed by atoms with Gasteiger partial charge in [0.1, 0.15) is 0 Å². The Kier molecular flexibility index (Phi) is 11.3. The number of pyridine rings is 1. The number of amides is 2. The molecule has 0 aliphatic heterocycles. The van der Waals surface area contributed by atoms with E-state index in [0.29, 0.717) is 6.42 Å². The van der Waals surface area contributed by atoms with E-state index < -0.39 is 0 Å². The number of aromatic nitrogens is 1. The Bertz CT molecular complexity index is 463. The maximum atomic E-state index is 11.7. The minimum atomic E-state index is -0.230. The van der Waals surface area contributed by atoms with Crippen molar-refractivity contribution in [1.82, 2.24) is 10.9 Å². The normalized spacial score (nSPS) is 10.4. The fraction of sp³-hybridized carbons (Fsp3) is 0.632.